The molecule has 8 heteroatoms. The lowest BCUT2D eigenvalue weighted by molar-refractivity contribution is -0.116. The molecular formula is C17H17Cl2N5O. The van der Waals surface area contributed by atoms with Crippen LogP contribution in [0.5, 0.6) is 0 Å². The third-order valence-corrected chi connectivity index (χ3v) is 4.38. The van der Waals surface area contributed by atoms with Crippen LogP contribution in [0.4, 0.5) is 5.69 Å². The van der Waals surface area contributed by atoms with Gasteiger partial charge in [0.05, 0.1) is 34.2 Å². The van der Waals surface area contributed by atoms with Crippen molar-refractivity contribution in [1.29, 1.82) is 0 Å². The van der Waals surface area contributed by atoms with Crippen molar-refractivity contribution in [2.75, 3.05) is 5.32 Å². The van der Waals surface area contributed by atoms with Gasteiger partial charge in [-0.25, -0.2) is 0 Å². The van der Waals surface area contributed by atoms with E-state index in [1.54, 1.807) is 33.9 Å². The van der Waals surface area contributed by atoms with Gasteiger partial charge >= 0.3 is 0 Å². The predicted molar refractivity (Wildman–Crippen MR) is 98.1 cm³/mol. The molecule has 1 amide bonds. The highest BCUT2D eigenvalue weighted by molar-refractivity contribution is 6.42. The summed E-state index contributed by atoms with van der Waals surface area (Å²) in [6, 6.07) is 7.37. The minimum atomic E-state index is -0.153. The summed E-state index contributed by atoms with van der Waals surface area (Å²) in [5.74, 6) is -0.153. The molecule has 0 aliphatic rings. The number of nitrogens with zero attached hydrogens (tertiary/aromatic N) is 4. The van der Waals surface area contributed by atoms with Crippen LogP contribution in [0.2, 0.25) is 10.0 Å². The number of carbonyl (C=O) groups excluding carboxylic acids is 1. The van der Waals surface area contributed by atoms with Crippen LogP contribution in [0.15, 0.2) is 36.7 Å². The van der Waals surface area contributed by atoms with Gasteiger partial charge in [-0.2, -0.15) is 10.2 Å². The first kappa shape index (κ1) is 17.5. The fourth-order valence-corrected chi connectivity index (χ4v) is 2.83. The number of amides is 1. The summed E-state index contributed by atoms with van der Waals surface area (Å²) in [4.78, 5) is 12.2. The van der Waals surface area contributed by atoms with E-state index < -0.39 is 0 Å². The highest BCUT2D eigenvalue weighted by Gasteiger charge is 2.09. The summed E-state index contributed by atoms with van der Waals surface area (Å²) < 4.78 is 3.39. The van der Waals surface area contributed by atoms with E-state index in [1.165, 1.54) is 0 Å². The van der Waals surface area contributed by atoms with E-state index in [1.807, 2.05) is 26.0 Å². The molecule has 1 N–H and O–H groups in total. The van der Waals surface area contributed by atoms with Crippen LogP contribution in [0.25, 0.3) is 0 Å². The lowest BCUT2D eigenvalue weighted by Gasteiger charge is -2.05. The molecule has 1 aromatic carbocycles. The molecule has 0 saturated carbocycles. The molecule has 0 aliphatic heterocycles. The Morgan fingerprint density at radius 3 is 2.68 bits per heavy atom. The number of benzene rings is 1. The van der Waals surface area contributed by atoms with Gasteiger partial charge in [-0.05, 0) is 37.6 Å². The molecule has 2 aromatic heterocycles. The number of aryl methyl sites for hydroxylation is 2. The second kappa shape index (κ2) is 7.29. The van der Waals surface area contributed by atoms with Gasteiger partial charge in [0, 0.05) is 11.9 Å². The van der Waals surface area contributed by atoms with Gasteiger partial charge in [-0.15, -0.1) is 0 Å². The van der Waals surface area contributed by atoms with Gasteiger partial charge in [0.15, 0.2) is 0 Å². The SMILES string of the molecule is Cc1cc(C)n(CC(=O)Nc2cnn(Cc3ccc(Cl)c(Cl)c3)c2)n1. The third-order valence-electron chi connectivity index (χ3n) is 3.64. The van der Waals surface area contributed by atoms with Crippen molar-refractivity contribution >= 4 is 34.8 Å². The third kappa shape index (κ3) is 4.41. The van der Waals surface area contributed by atoms with Crippen molar-refractivity contribution in [2.45, 2.75) is 26.9 Å². The fraction of sp³-hybridized carbons (Fsp3) is 0.235. The lowest BCUT2D eigenvalue weighted by Crippen LogP contribution is -2.20. The number of hydrogen-bond donors (Lipinski definition) is 1. The molecule has 0 unspecified atom stereocenters. The zero-order chi connectivity index (χ0) is 18.0. The highest BCUT2D eigenvalue weighted by Crippen LogP contribution is 2.23. The number of hydrogen-bond acceptors (Lipinski definition) is 3. The summed E-state index contributed by atoms with van der Waals surface area (Å²) in [6.45, 7) is 4.51. The molecule has 3 aromatic rings. The van der Waals surface area contributed by atoms with Gasteiger partial charge in [0.1, 0.15) is 6.54 Å². The monoisotopic (exact) mass is 377 g/mol. The molecule has 0 atom stereocenters. The van der Waals surface area contributed by atoms with Crippen LogP contribution in [0.3, 0.4) is 0 Å². The van der Waals surface area contributed by atoms with E-state index in [2.05, 4.69) is 15.5 Å². The van der Waals surface area contributed by atoms with Crippen molar-refractivity contribution in [2.24, 2.45) is 0 Å². The Hall–Kier alpha value is -2.31. The van der Waals surface area contributed by atoms with Crippen molar-refractivity contribution in [1.82, 2.24) is 19.6 Å². The smallest absolute Gasteiger partial charge is 0.246 e. The van der Waals surface area contributed by atoms with Gasteiger partial charge in [-0.3, -0.25) is 14.2 Å². The molecule has 0 spiro atoms. The minimum absolute atomic E-state index is 0.153. The second-order valence-electron chi connectivity index (χ2n) is 5.81. The average molecular weight is 378 g/mol. The van der Waals surface area contributed by atoms with Gasteiger partial charge < -0.3 is 5.32 Å². The molecular weight excluding hydrogens is 361 g/mol. The first-order valence-electron chi connectivity index (χ1n) is 7.68. The molecule has 6 nitrogen and oxygen atoms in total. The van der Waals surface area contributed by atoms with E-state index in [0.717, 1.165) is 17.0 Å². The predicted octanol–water partition coefficient (Wildman–Crippen LogP) is 3.69. The van der Waals surface area contributed by atoms with E-state index in [0.29, 0.717) is 22.3 Å². The Balaban J connectivity index is 1.62. The molecule has 0 radical (unpaired) electrons. The van der Waals surface area contributed by atoms with Crippen LogP contribution in [-0.2, 0) is 17.9 Å². The van der Waals surface area contributed by atoms with Crippen LogP contribution in [0, 0.1) is 13.8 Å². The lowest BCUT2D eigenvalue weighted by atomic mass is 10.2. The number of aromatic nitrogens is 4. The quantitative estimate of drug-likeness (QED) is 0.737. The Kier molecular flexibility index (Phi) is 5.11. The van der Waals surface area contributed by atoms with E-state index >= 15 is 0 Å². The standard InChI is InChI=1S/C17H17Cl2N5O/c1-11-5-12(2)24(22-11)10-17(25)21-14-7-20-23(9-14)8-13-3-4-15(18)16(19)6-13/h3-7,9H,8,10H2,1-2H3,(H,21,25). The van der Waals surface area contributed by atoms with Gasteiger partial charge in [0.25, 0.3) is 0 Å². The number of nitrogens with one attached hydrogen (secondary N) is 1. The van der Waals surface area contributed by atoms with E-state index in [4.69, 9.17) is 23.2 Å². The summed E-state index contributed by atoms with van der Waals surface area (Å²) in [5.41, 5.74) is 3.44. The maximum absolute atomic E-state index is 12.2. The molecule has 0 fully saturated rings. The van der Waals surface area contributed by atoms with Crippen molar-refractivity contribution in [3.8, 4) is 0 Å². The van der Waals surface area contributed by atoms with Crippen LogP contribution in [0.1, 0.15) is 17.0 Å². The van der Waals surface area contributed by atoms with Crippen molar-refractivity contribution < 1.29 is 4.79 Å². The molecule has 2 heterocycles. The Bertz CT molecular complexity index is 916. The zero-order valence-electron chi connectivity index (χ0n) is 13.8. The maximum atomic E-state index is 12.2. The van der Waals surface area contributed by atoms with Crippen LogP contribution in [-0.4, -0.2) is 25.5 Å². The van der Waals surface area contributed by atoms with Crippen molar-refractivity contribution in [3.05, 3.63) is 63.7 Å². The normalized spacial score (nSPS) is 10.9. The molecule has 0 saturated heterocycles. The van der Waals surface area contributed by atoms with Crippen molar-refractivity contribution in [3.63, 3.8) is 0 Å². The summed E-state index contributed by atoms with van der Waals surface area (Å²) in [5, 5.41) is 12.4. The number of halogens is 2. The highest BCUT2D eigenvalue weighted by atomic mass is 35.5. The second-order valence-corrected chi connectivity index (χ2v) is 6.62. The number of carbonyl (C=O) groups is 1. The summed E-state index contributed by atoms with van der Waals surface area (Å²) in [7, 11) is 0. The molecule has 0 aliphatic carbocycles. The van der Waals surface area contributed by atoms with E-state index in [-0.39, 0.29) is 12.5 Å². The molecule has 3 rings (SSSR count). The molecule has 0 bridgehead atoms. The summed E-state index contributed by atoms with van der Waals surface area (Å²) >= 11 is 11.9. The minimum Gasteiger partial charge on any atom is -0.322 e. The van der Waals surface area contributed by atoms with Gasteiger partial charge in [0.2, 0.25) is 5.91 Å². The molecule has 25 heavy (non-hydrogen) atoms. The van der Waals surface area contributed by atoms with E-state index in [9.17, 15) is 4.79 Å². The average Bonchev–Trinajstić information content (AvgIpc) is 3.09. The topological polar surface area (TPSA) is 64.7 Å². The fourth-order valence-electron chi connectivity index (χ4n) is 2.51. The maximum Gasteiger partial charge on any atom is 0.246 e. The van der Waals surface area contributed by atoms with Crippen LogP contribution >= 0.6 is 23.2 Å². The van der Waals surface area contributed by atoms with Gasteiger partial charge in [-0.1, -0.05) is 29.3 Å². The Morgan fingerprint density at radius 2 is 2.00 bits per heavy atom. The molecule has 130 valence electrons. The zero-order valence-corrected chi connectivity index (χ0v) is 15.3. The largest absolute Gasteiger partial charge is 0.322 e. The first-order valence-corrected chi connectivity index (χ1v) is 8.43. The Labute approximate surface area is 155 Å². The first-order chi connectivity index (χ1) is 11.9. The summed E-state index contributed by atoms with van der Waals surface area (Å²) in [6.07, 6.45) is 3.37. The number of rotatable bonds is 5. The van der Waals surface area contributed by atoms with Crippen LogP contribution < -0.4 is 5.32 Å². The number of anilines is 1. The Morgan fingerprint density at radius 1 is 1.20 bits per heavy atom.